The van der Waals surface area contributed by atoms with Gasteiger partial charge >= 0.3 is 0 Å². The van der Waals surface area contributed by atoms with Gasteiger partial charge in [0.2, 0.25) is 0 Å². The lowest BCUT2D eigenvalue weighted by Crippen LogP contribution is -2.14. The molecule has 0 atom stereocenters. The zero-order valence-corrected chi connectivity index (χ0v) is 11.1. The van der Waals surface area contributed by atoms with Gasteiger partial charge < -0.3 is 10.1 Å². The molecule has 16 heavy (non-hydrogen) atoms. The maximum atomic E-state index is 5.90. The minimum atomic E-state index is 0.231. The van der Waals surface area contributed by atoms with Crippen molar-refractivity contribution in [2.45, 2.75) is 40.2 Å². The van der Waals surface area contributed by atoms with Crippen LogP contribution in [0.3, 0.4) is 0 Å². The van der Waals surface area contributed by atoms with Crippen LogP contribution in [-0.2, 0) is 6.42 Å². The van der Waals surface area contributed by atoms with Crippen molar-refractivity contribution >= 4 is 0 Å². The third kappa shape index (κ3) is 3.53. The molecular weight excluding hydrogens is 198 g/mol. The molecule has 0 radical (unpaired) electrons. The Labute approximate surface area is 99.0 Å². The summed E-state index contributed by atoms with van der Waals surface area (Å²) < 4.78 is 5.90. The number of likely N-dealkylation sites (N-methyl/N-ethyl adjacent to an activating group) is 1. The predicted molar refractivity (Wildman–Crippen MR) is 69.3 cm³/mol. The third-order valence-corrected chi connectivity index (χ3v) is 2.49. The number of aryl methyl sites for hydroxylation is 2. The highest BCUT2D eigenvalue weighted by molar-refractivity contribution is 5.44. The summed E-state index contributed by atoms with van der Waals surface area (Å²) in [5, 5.41) is 3.18. The Balaban J connectivity index is 3.00. The second kappa shape index (κ2) is 5.90. The molecule has 0 spiro atoms. The molecule has 0 fully saturated rings. The van der Waals surface area contributed by atoms with Crippen molar-refractivity contribution in [3.8, 4) is 5.75 Å². The van der Waals surface area contributed by atoms with E-state index in [0.717, 1.165) is 18.7 Å². The lowest BCUT2D eigenvalue weighted by Gasteiger charge is -2.17. The van der Waals surface area contributed by atoms with Gasteiger partial charge in [-0.1, -0.05) is 17.7 Å². The van der Waals surface area contributed by atoms with E-state index in [1.807, 2.05) is 7.05 Å². The number of nitrogens with one attached hydrogen (secondary N) is 1. The number of ether oxygens (including phenoxy) is 1. The van der Waals surface area contributed by atoms with Crippen LogP contribution in [0, 0.1) is 13.8 Å². The molecule has 0 heterocycles. The molecule has 0 saturated carbocycles. The van der Waals surface area contributed by atoms with Gasteiger partial charge in [-0.15, -0.1) is 0 Å². The van der Waals surface area contributed by atoms with Crippen LogP contribution in [0.2, 0.25) is 0 Å². The van der Waals surface area contributed by atoms with Crippen molar-refractivity contribution in [3.63, 3.8) is 0 Å². The summed E-state index contributed by atoms with van der Waals surface area (Å²) in [7, 11) is 1.98. The van der Waals surface area contributed by atoms with Crippen molar-refractivity contribution in [3.05, 3.63) is 28.8 Å². The van der Waals surface area contributed by atoms with E-state index >= 15 is 0 Å². The summed E-state index contributed by atoms with van der Waals surface area (Å²) in [4.78, 5) is 0. The summed E-state index contributed by atoms with van der Waals surface area (Å²) in [6.07, 6.45) is 1.25. The monoisotopic (exact) mass is 221 g/mol. The highest BCUT2D eigenvalue weighted by Crippen LogP contribution is 2.26. The Morgan fingerprint density at radius 3 is 2.50 bits per heavy atom. The van der Waals surface area contributed by atoms with Gasteiger partial charge in [-0.3, -0.25) is 0 Å². The summed E-state index contributed by atoms with van der Waals surface area (Å²) >= 11 is 0. The van der Waals surface area contributed by atoms with Crippen LogP contribution in [0.15, 0.2) is 12.1 Å². The Morgan fingerprint density at radius 2 is 1.94 bits per heavy atom. The van der Waals surface area contributed by atoms with Crippen LogP contribution in [0.1, 0.15) is 30.5 Å². The lowest BCUT2D eigenvalue weighted by molar-refractivity contribution is 0.238. The first-order valence-electron chi connectivity index (χ1n) is 5.96. The molecule has 1 aromatic rings. The topological polar surface area (TPSA) is 21.3 Å². The van der Waals surface area contributed by atoms with E-state index in [1.54, 1.807) is 0 Å². The molecule has 1 aromatic carbocycles. The maximum absolute atomic E-state index is 5.90. The molecule has 0 aliphatic heterocycles. The van der Waals surface area contributed by atoms with E-state index in [9.17, 15) is 0 Å². The molecule has 2 heteroatoms. The molecule has 90 valence electrons. The Morgan fingerprint density at radius 1 is 1.25 bits per heavy atom. The average Bonchev–Trinajstić information content (AvgIpc) is 2.19. The van der Waals surface area contributed by atoms with Crippen molar-refractivity contribution in [2.75, 3.05) is 13.6 Å². The summed E-state index contributed by atoms with van der Waals surface area (Å²) in [6.45, 7) is 9.38. The molecule has 0 aromatic heterocycles. The molecule has 1 N–H and O–H groups in total. The van der Waals surface area contributed by atoms with Gasteiger partial charge in [-0.25, -0.2) is 0 Å². The largest absolute Gasteiger partial charge is 0.490 e. The van der Waals surface area contributed by atoms with Crippen molar-refractivity contribution in [2.24, 2.45) is 0 Å². The fraction of sp³-hybridized carbons (Fsp3) is 0.571. The summed E-state index contributed by atoms with van der Waals surface area (Å²) in [6, 6.07) is 4.41. The number of hydrogen-bond donors (Lipinski definition) is 1. The molecule has 0 bridgehead atoms. The first-order chi connectivity index (χ1) is 7.54. The lowest BCUT2D eigenvalue weighted by atomic mass is 10.0. The van der Waals surface area contributed by atoms with Crippen molar-refractivity contribution < 1.29 is 4.74 Å². The zero-order chi connectivity index (χ0) is 12.1. The molecule has 0 unspecified atom stereocenters. The number of benzene rings is 1. The normalized spacial score (nSPS) is 10.9. The molecule has 0 aliphatic carbocycles. The van der Waals surface area contributed by atoms with Gasteiger partial charge in [0.15, 0.2) is 0 Å². The van der Waals surface area contributed by atoms with Gasteiger partial charge in [0.25, 0.3) is 0 Å². The van der Waals surface area contributed by atoms with E-state index < -0.39 is 0 Å². The summed E-state index contributed by atoms with van der Waals surface area (Å²) in [5.41, 5.74) is 3.85. The molecule has 0 saturated heterocycles. The van der Waals surface area contributed by atoms with Gasteiger partial charge in [-0.2, -0.15) is 0 Å². The molecule has 0 amide bonds. The first-order valence-corrected chi connectivity index (χ1v) is 5.96. The van der Waals surface area contributed by atoms with Crippen molar-refractivity contribution in [1.82, 2.24) is 5.32 Å². The van der Waals surface area contributed by atoms with Gasteiger partial charge in [0.05, 0.1) is 6.10 Å². The molecule has 0 aliphatic rings. The van der Waals surface area contributed by atoms with Crippen LogP contribution >= 0.6 is 0 Å². The SMILES string of the molecule is CNCCc1cc(C)cc(C)c1OC(C)C. The predicted octanol–water partition coefficient (Wildman–Crippen LogP) is 2.85. The Bertz CT molecular complexity index is 345. The third-order valence-electron chi connectivity index (χ3n) is 2.49. The minimum absolute atomic E-state index is 0.231. The summed E-state index contributed by atoms with van der Waals surface area (Å²) in [5.74, 6) is 1.07. The van der Waals surface area contributed by atoms with Crippen LogP contribution in [0.5, 0.6) is 5.75 Å². The highest BCUT2D eigenvalue weighted by atomic mass is 16.5. The second-order valence-corrected chi connectivity index (χ2v) is 4.59. The first kappa shape index (κ1) is 13.0. The molecule has 2 nitrogen and oxygen atoms in total. The maximum Gasteiger partial charge on any atom is 0.125 e. The Kier molecular flexibility index (Phi) is 4.81. The van der Waals surface area contributed by atoms with E-state index in [-0.39, 0.29) is 6.10 Å². The van der Waals surface area contributed by atoms with Crippen LogP contribution < -0.4 is 10.1 Å². The minimum Gasteiger partial charge on any atom is -0.490 e. The quantitative estimate of drug-likeness (QED) is 0.825. The zero-order valence-electron chi connectivity index (χ0n) is 11.1. The standard InChI is InChI=1S/C14H23NO/c1-10(2)16-14-12(4)8-11(3)9-13(14)6-7-15-5/h8-10,15H,6-7H2,1-5H3. The van der Waals surface area contributed by atoms with E-state index in [1.165, 1.54) is 16.7 Å². The van der Waals surface area contributed by atoms with Crippen LogP contribution in [0.4, 0.5) is 0 Å². The second-order valence-electron chi connectivity index (χ2n) is 4.59. The number of rotatable bonds is 5. The van der Waals surface area contributed by atoms with Crippen molar-refractivity contribution in [1.29, 1.82) is 0 Å². The van der Waals surface area contributed by atoms with E-state index in [4.69, 9.17) is 4.74 Å². The van der Waals surface area contributed by atoms with E-state index in [0.29, 0.717) is 0 Å². The van der Waals surface area contributed by atoms with Crippen LogP contribution in [0.25, 0.3) is 0 Å². The molecular formula is C14H23NO. The molecule has 1 rings (SSSR count). The van der Waals surface area contributed by atoms with Crippen LogP contribution in [-0.4, -0.2) is 19.7 Å². The fourth-order valence-corrected chi connectivity index (χ4v) is 1.89. The average molecular weight is 221 g/mol. The fourth-order valence-electron chi connectivity index (χ4n) is 1.89. The number of hydrogen-bond acceptors (Lipinski definition) is 2. The van der Waals surface area contributed by atoms with Gasteiger partial charge in [-0.05, 0) is 58.8 Å². The highest BCUT2D eigenvalue weighted by Gasteiger charge is 2.09. The smallest absolute Gasteiger partial charge is 0.125 e. The Hall–Kier alpha value is -1.02. The van der Waals surface area contributed by atoms with E-state index in [2.05, 4.69) is 45.1 Å². The van der Waals surface area contributed by atoms with Gasteiger partial charge in [0.1, 0.15) is 5.75 Å². The van der Waals surface area contributed by atoms with Gasteiger partial charge in [0, 0.05) is 0 Å².